The maximum Gasteiger partial charge on any atom is 0.270 e. The van der Waals surface area contributed by atoms with Crippen LogP contribution < -0.4 is 20.7 Å². The van der Waals surface area contributed by atoms with Gasteiger partial charge in [-0.1, -0.05) is 6.07 Å². The number of hydrogen-bond acceptors (Lipinski definition) is 6. The number of ether oxygens (including phenoxy) is 1. The molecule has 4 aliphatic carbocycles. The lowest BCUT2D eigenvalue weighted by atomic mass is 9.52. The maximum atomic E-state index is 14.5. The highest BCUT2D eigenvalue weighted by Gasteiger charge is 2.48. The van der Waals surface area contributed by atoms with Crippen molar-refractivity contribution < 1.29 is 23.5 Å². The molecular formula is C28H29FN6O4. The van der Waals surface area contributed by atoms with Crippen LogP contribution in [0.3, 0.4) is 0 Å². The van der Waals surface area contributed by atoms with Crippen LogP contribution in [0.4, 0.5) is 10.1 Å². The van der Waals surface area contributed by atoms with Crippen molar-refractivity contribution in [1.82, 2.24) is 25.2 Å². The van der Waals surface area contributed by atoms with Gasteiger partial charge in [0.1, 0.15) is 17.1 Å². The average Bonchev–Trinajstić information content (AvgIpc) is 3.30. The van der Waals surface area contributed by atoms with E-state index in [1.165, 1.54) is 38.2 Å². The molecule has 202 valence electrons. The van der Waals surface area contributed by atoms with Crippen molar-refractivity contribution in [3.8, 4) is 5.75 Å². The molecule has 10 nitrogen and oxygen atoms in total. The fourth-order valence-electron chi connectivity index (χ4n) is 7.40. The third kappa shape index (κ3) is 4.39. The molecule has 4 fully saturated rings. The quantitative estimate of drug-likeness (QED) is 0.448. The van der Waals surface area contributed by atoms with E-state index in [1.807, 2.05) is 0 Å². The molecule has 8 rings (SSSR count). The first-order valence-corrected chi connectivity index (χ1v) is 13.6. The number of fused-ring (bicyclic) bond motifs is 2. The van der Waals surface area contributed by atoms with E-state index in [4.69, 9.17) is 4.74 Å². The summed E-state index contributed by atoms with van der Waals surface area (Å²) in [4.78, 5) is 42.1. The van der Waals surface area contributed by atoms with Crippen molar-refractivity contribution >= 4 is 29.1 Å². The predicted molar refractivity (Wildman–Crippen MR) is 138 cm³/mol. The first-order valence-electron chi connectivity index (χ1n) is 13.6. The zero-order valence-corrected chi connectivity index (χ0v) is 21.3. The van der Waals surface area contributed by atoms with Crippen molar-refractivity contribution in [1.29, 1.82) is 0 Å². The van der Waals surface area contributed by atoms with Gasteiger partial charge in [-0.2, -0.15) is 5.10 Å². The second kappa shape index (κ2) is 9.32. The number of anilines is 1. The number of nitrogens with one attached hydrogen (secondary N) is 3. The van der Waals surface area contributed by atoms with E-state index >= 15 is 0 Å². The van der Waals surface area contributed by atoms with Gasteiger partial charge in [0.2, 0.25) is 0 Å². The van der Waals surface area contributed by atoms with E-state index in [9.17, 15) is 18.8 Å². The second-order valence-electron chi connectivity index (χ2n) is 11.4. The lowest BCUT2D eigenvalue weighted by Gasteiger charge is -2.54. The van der Waals surface area contributed by atoms with Gasteiger partial charge >= 0.3 is 0 Å². The zero-order chi connectivity index (χ0) is 26.7. The highest BCUT2D eigenvalue weighted by Crippen LogP contribution is 2.56. The van der Waals surface area contributed by atoms with Gasteiger partial charge < -0.3 is 20.7 Å². The molecule has 1 aliphatic heterocycles. The molecular weight excluding hydrogens is 503 g/mol. The Morgan fingerprint density at radius 3 is 2.59 bits per heavy atom. The van der Waals surface area contributed by atoms with Crippen molar-refractivity contribution in [2.45, 2.75) is 38.6 Å². The SMILES string of the molecule is O=C1COc2ccc(CNC(=O)c3cc(C(=O)NCC4C5CC6CC(C5)CC4C6)n4ncc(F)c4n3)cc2N1. The minimum atomic E-state index is -0.717. The summed E-state index contributed by atoms with van der Waals surface area (Å²) in [5, 5.41) is 12.5. The first kappa shape index (κ1) is 24.1. The summed E-state index contributed by atoms with van der Waals surface area (Å²) >= 11 is 0. The van der Waals surface area contributed by atoms with Crippen molar-refractivity contribution in [2.75, 3.05) is 18.5 Å². The monoisotopic (exact) mass is 532 g/mol. The number of nitrogens with zero attached hydrogens (tertiary/aromatic N) is 3. The Morgan fingerprint density at radius 1 is 1.05 bits per heavy atom. The molecule has 5 aliphatic rings. The largest absolute Gasteiger partial charge is 0.482 e. The normalized spacial score (nSPS) is 26.6. The number of halogens is 1. The van der Waals surface area contributed by atoms with E-state index in [0.29, 0.717) is 35.7 Å². The fourth-order valence-corrected chi connectivity index (χ4v) is 7.40. The Bertz CT molecular complexity index is 1470. The highest BCUT2D eigenvalue weighted by atomic mass is 19.1. The molecule has 0 saturated heterocycles. The Kier molecular flexibility index (Phi) is 5.75. The Morgan fingerprint density at radius 2 is 1.82 bits per heavy atom. The molecule has 1 aromatic carbocycles. The van der Waals surface area contributed by atoms with Crippen LogP contribution in [-0.4, -0.2) is 45.5 Å². The second-order valence-corrected chi connectivity index (χ2v) is 11.4. The minimum absolute atomic E-state index is 0.0406. The lowest BCUT2D eigenvalue weighted by molar-refractivity contribution is -0.118. The number of carbonyl (C=O) groups is 3. The van der Waals surface area contributed by atoms with Crippen LogP contribution >= 0.6 is 0 Å². The zero-order valence-electron chi connectivity index (χ0n) is 21.3. The Labute approximate surface area is 223 Å². The van der Waals surface area contributed by atoms with E-state index in [2.05, 4.69) is 26.0 Å². The van der Waals surface area contributed by atoms with Gasteiger partial charge in [-0.05, 0) is 79.4 Å². The molecule has 0 atom stereocenters. The van der Waals surface area contributed by atoms with Crippen molar-refractivity contribution in [2.24, 2.45) is 29.6 Å². The Hall–Kier alpha value is -4.02. The van der Waals surface area contributed by atoms with Crippen LogP contribution in [-0.2, 0) is 11.3 Å². The van der Waals surface area contributed by atoms with Gasteiger partial charge in [-0.15, -0.1) is 0 Å². The number of benzene rings is 1. The molecule has 3 heterocycles. The van der Waals surface area contributed by atoms with Crippen molar-refractivity contribution in [3.05, 3.63) is 53.2 Å². The number of hydrogen-bond donors (Lipinski definition) is 3. The minimum Gasteiger partial charge on any atom is -0.482 e. The molecule has 4 saturated carbocycles. The number of amides is 3. The van der Waals surface area contributed by atoms with Crippen LogP contribution in [0.2, 0.25) is 0 Å². The lowest BCUT2D eigenvalue weighted by Crippen LogP contribution is -2.49. The van der Waals surface area contributed by atoms with E-state index in [1.54, 1.807) is 18.2 Å². The van der Waals surface area contributed by atoms with Crippen LogP contribution in [0.15, 0.2) is 30.5 Å². The third-order valence-electron chi connectivity index (χ3n) is 8.94. The van der Waals surface area contributed by atoms with Gasteiger partial charge in [-0.25, -0.2) is 13.9 Å². The summed E-state index contributed by atoms with van der Waals surface area (Å²) in [6, 6.07) is 6.55. The van der Waals surface area contributed by atoms with Gasteiger partial charge in [0, 0.05) is 19.2 Å². The molecule has 0 radical (unpaired) electrons. The molecule has 3 amide bonds. The van der Waals surface area contributed by atoms with Crippen LogP contribution in [0.25, 0.3) is 5.65 Å². The summed E-state index contributed by atoms with van der Waals surface area (Å²) < 4.78 is 21.0. The Balaban J connectivity index is 1.07. The van der Waals surface area contributed by atoms with Crippen LogP contribution in [0, 0.1) is 35.4 Å². The molecule has 4 bridgehead atoms. The fraction of sp³-hybridized carbons (Fsp3) is 0.464. The summed E-state index contributed by atoms with van der Waals surface area (Å²) in [5.41, 5.74) is 1.04. The van der Waals surface area contributed by atoms with Gasteiger partial charge in [0.05, 0.1) is 11.9 Å². The topological polar surface area (TPSA) is 127 Å². The maximum absolute atomic E-state index is 14.5. The van der Waals surface area contributed by atoms with E-state index in [-0.39, 0.29) is 36.1 Å². The van der Waals surface area contributed by atoms with E-state index in [0.717, 1.165) is 28.1 Å². The molecule has 3 aromatic rings. The first-order chi connectivity index (χ1) is 18.9. The number of rotatable bonds is 6. The van der Waals surface area contributed by atoms with Crippen LogP contribution in [0.1, 0.15) is 58.6 Å². The molecule has 2 aromatic heterocycles. The van der Waals surface area contributed by atoms with Crippen molar-refractivity contribution in [3.63, 3.8) is 0 Å². The molecule has 0 spiro atoms. The summed E-state index contributed by atoms with van der Waals surface area (Å²) in [5.74, 6) is 2.09. The summed E-state index contributed by atoms with van der Waals surface area (Å²) in [7, 11) is 0. The summed E-state index contributed by atoms with van der Waals surface area (Å²) in [6.45, 7) is 0.660. The van der Waals surface area contributed by atoms with Gasteiger partial charge in [-0.3, -0.25) is 14.4 Å². The van der Waals surface area contributed by atoms with E-state index < -0.39 is 17.6 Å². The predicted octanol–water partition coefficient (Wildman–Crippen LogP) is 2.93. The summed E-state index contributed by atoms with van der Waals surface area (Å²) in [6.07, 6.45) is 7.38. The van der Waals surface area contributed by atoms with Crippen LogP contribution in [0.5, 0.6) is 5.75 Å². The third-order valence-corrected chi connectivity index (χ3v) is 8.94. The molecule has 39 heavy (non-hydrogen) atoms. The van der Waals surface area contributed by atoms with Gasteiger partial charge in [0.25, 0.3) is 17.7 Å². The highest BCUT2D eigenvalue weighted by molar-refractivity contribution is 5.98. The average molecular weight is 533 g/mol. The smallest absolute Gasteiger partial charge is 0.270 e. The molecule has 0 unspecified atom stereocenters. The number of aromatic nitrogens is 3. The van der Waals surface area contributed by atoms with Gasteiger partial charge in [0.15, 0.2) is 18.1 Å². The molecule has 11 heteroatoms. The molecule has 3 N–H and O–H groups in total. The standard InChI is InChI=1S/C28H29FN6O4/c29-20-12-32-35-23(28(38)31-11-19-17-4-15-3-16(6-17)7-18(19)5-15)9-22(34-26(20)35)27(37)30-10-14-1-2-24-21(8-14)33-25(36)13-39-24/h1-2,8-9,12,15-19H,3-7,10-11,13H2,(H,30,37)(H,31,38)(H,33,36). The number of carbonyl (C=O) groups excluding carboxylic acids is 3.